The molecule has 0 unspecified atom stereocenters. The Morgan fingerprint density at radius 2 is 1.69 bits per heavy atom. The van der Waals surface area contributed by atoms with Crippen LogP contribution in [-0.4, -0.2) is 5.78 Å². The predicted octanol–water partition coefficient (Wildman–Crippen LogP) is 3.65. The van der Waals surface area contributed by atoms with Gasteiger partial charge in [-0.05, 0) is 12.5 Å². The lowest BCUT2D eigenvalue weighted by molar-refractivity contribution is 0.101. The van der Waals surface area contributed by atoms with E-state index in [1.54, 1.807) is 19.1 Å². The molecule has 1 nitrogen and oxygen atoms in total. The Hall–Kier alpha value is -0.820. The van der Waals surface area contributed by atoms with Gasteiger partial charge in [0.2, 0.25) is 0 Å². The van der Waals surface area contributed by atoms with Crippen molar-refractivity contribution in [3.63, 3.8) is 0 Å². The normalized spacial score (nSPS) is 8.62. The quantitative estimate of drug-likeness (QED) is 0.524. The van der Waals surface area contributed by atoms with Crippen LogP contribution in [0.1, 0.15) is 36.7 Å². The highest BCUT2D eigenvalue weighted by Gasteiger charge is 1.96. The van der Waals surface area contributed by atoms with Gasteiger partial charge in [0.15, 0.2) is 5.78 Å². The number of benzene rings is 1. The largest absolute Gasteiger partial charge is 0.295 e. The smallest absolute Gasteiger partial charge is 0.159 e. The fraction of sp³-hybridized carbons (Fsp3) is 0.364. The first-order valence-corrected chi connectivity index (χ1v) is 4.93. The van der Waals surface area contributed by atoms with Crippen LogP contribution in [0.3, 0.4) is 0 Å². The van der Waals surface area contributed by atoms with Crippen LogP contribution in [0.25, 0.3) is 0 Å². The van der Waals surface area contributed by atoms with Gasteiger partial charge in [0.25, 0.3) is 0 Å². The number of carbonyl (C=O) groups is 1. The van der Waals surface area contributed by atoms with Gasteiger partial charge in [0.05, 0.1) is 0 Å². The number of rotatable bonds is 2. The van der Waals surface area contributed by atoms with Gasteiger partial charge in [-0.1, -0.05) is 38.1 Å². The fourth-order valence-corrected chi connectivity index (χ4v) is 1.01. The summed E-state index contributed by atoms with van der Waals surface area (Å²) in [4.78, 5) is 10.8. The summed E-state index contributed by atoms with van der Waals surface area (Å²) in [6.07, 6.45) is 0. The average Bonchev–Trinajstić information content (AvgIpc) is 2.21. The van der Waals surface area contributed by atoms with Crippen LogP contribution in [0, 0.1) is 0 Å². The monoisotopic (exact) mass is 198 g/mol. The molecule has 0 heterocycles. The van der Waals surface area contributed by atoms with E-state index in [0.717, 1.165) is 11.1 Å². The molecule has 0 spiro atoms. The number of alkyl halides is 1. The molecular weight excluding hydrogens is 184 g/mol. The topological polar surface area (TPSA) is 17.1 Å². The van der Waals surface area contributed by atoms with E-state index in [-0.39, 0.29) is 5.78 Å². The Morgan fingerprint density at radius 3 is 2.00 bits per heavy atom. The van der Waals surface area contributed by atoms with Gasteiger partial charge in [0.1, 0.15) is 0 Å². The number of hydrogen-bond donors (Lipinski definition) is 0. The van der Waals surface area contributed by atoms with Gasteiger partial charge < -0.3 is 0 Å². The molecule has 0 radical (unpaired) electrons. The first-order valence-electron chi connectivity index (χ1n) is 4.40. The van der Waals surface area contributed by atoms with Gasteiger partial charge in [0, 0.05) is 11.4 Å². The third-order valence-electron chi connectivity index (χ3n) is 1.51. The number of Topliss-reactive ketones (excluding diaryl/α,β-unsaturated/α-hetero) is 1. The van der Waals surface area contributed by atoms with Crippen LogP contribution < -0.4 is 0 Å². The van der Waals surface area contributed by atoms with Crippen molar-refractivity contribution in [2.45, 2.75) is 26.7 Å². The van der Waals surface area contributed by atoms with Crippen LogP contribution >= 0.6 is 11.6 Å². The molecule has 0 bridgehead atoms. The molecule has 0 aliphatic heterocycles. The lowest BCUT2D eigenvalue weighted by atomic mass is 10.1. The van der Waals surface area contributed by atoms with E-state index in [9.17, 15) is 4.79 Å². The van der Waals surface area contributed by atoms with Crippen molar-refractivity contribution in [2.24, 2.45) is 0 Å². The predicted molar refractivity (Wildman–Crippen MR) is 57.4 cm³/mol. The molecule has 0 aliphatic rings. The van der Waals surface area contributed by atoms with Gasteiger partial charge in [-0.3, -0.25) is 4.79 Å². The summed E-state index contributed by atoms with van der Waals surface area (Å²) in [6.45, 7) is 5.55. The molecule has 0 saturated carbocycles. The summed E-state index contributed by atoms with van der Waals surface area (Å²) in [5.41, 5.74) is 1.77. The van der Waals surface area contributed by atoms with Crippen LogP contribution in [0.4, 0.5) is 0 Å². The Bertz CT molecular complexity index is 251. The summed E-state index contributed by atoms with van der Waals surface area (Å²) in [5, 5.41) is 0. The van der Waals surface area contributed by atoms with Crippen LogP contribution in [0.15, 0.2) is 24.3 Å². The molecule has 1 aromatic carbocycles. The maximum Gasteiger partial charge on any atom is 0.159 e. The van der Waals surface area contributed by atoms with E-state index in [2.05, 4.69) is 0 Å². The van der Waals surface area contributed by atoms with E-state index in [0.29, 0.717) is 5.88 Å². The van der Waals surface area contributed by atoms with E-state index in [4.69, 9.17) is 11.6 Å². The Kier molecular flexibility index (Phi) is 6.25. The SMILES string of the molecule is CC.CC(=O)c1ccc(CCl)cc1. The summed E-state index contributed by atoms with van der Waals surface area (Å²) >= 11 is 5.57. The van der Waals surface area contributed by atoms with E-state index in [1.165, 1.54) is 0 Å². The lowest BCUT2D eigenvalue weighted by Gasteiger charge is -1.96. The molecule has 1 aromatic rings. The molecule has 13 heavy (non-hydrogen) atoms. The first kappa shape index (κ1) is 12.2. The third-order valence-corrected chi connectivity index (χ3v) is 1.82. The van der Waals surface area contributed by atoms with Crippen molar-refractivity contribution in [3.8, 4) is 0 Å². The lowest BCUT2D eigenvalue weighted by Crippen LogP contribution is -1.90. The van der Waals surface area contributed by atoms with Crippen molar-refractivity contribution in [1.29, 1.82) is 0 Å². The van der Waals surface area contributed by atoms with Crippen LogP contribution in [0.2, 0.25) is 0 Å². The Balaban J connectivity index is 0.000000671. The van der Waals surface area contributed by atoms with Gasteiger partial charge in [-0.25, -0.2) is 0 Å². The van der Waals surface area contributed by atoms with E-state index >= 15 is 0 Å². The number of halogens is 1. The Morgan fingerprint density at radius 1 is 1.23 bits per heavy atom. The maximum atomic E-state index is 10.8. The second kappa shape index (κ2) is 6.67. The van der Waals surface area contributed by atoms with Crippen molar-refractivity contribution in [1.82, 2.24) is 0 Å². The summed E-state index contributed by atoms with van der Waals surface area (Å²) in [5.74, 6) is 0.587. The summed E-state index contributed by atoms with van der Waals surface area (Å²) in [6, 6.07) is 7.31. The molecule has 72 valence electrons. The van der Waals surface area contributed by atoms with Gasteiger partial charge >= 0.3 is 0 Å². The molecule has 0 aliphatic carbocycles. The minimum atomic E-state index is 0.0890. The molecule has 1 rings (SSSR count). The van der Waals surface area contributed by atoms with E-state index in [1.807, 2.05) is 26.0 Å². The fourth-order valence-electron chi connectivity index (χ4n) is 0.829. The molecule has 0 saturated heterocycles. The molecule has 0 N–H and O–H groups in total. The highest BCUT2D eigenvalue weighted by atomic mass is 35.5. The zero-order valence-electron chi connectivity index (χ0n) is 8.30. The van der Waals surface area contributed by atoms with Gasteiger partial charge in [-0.15, -0.1) is 11.6 Å². The van der Waals surface area contributed by atoms with E-state index < -0.39 is 0 Å². The van der Waals surface area contributed by atoms with Crippen molar-refractivity contribution in [2.75, 3.05) is 0 Å². The van der Waals surface area contributed by atoms with Crippen LogP contribution in [-0.2, 0) is 5.88 Å². The zero-order valence-corrected chi connectivity index (χ0v) is 9.06. The molecule has 0 aromatic heterocycles. The van der Waals surface area contributed by atoms with Crippen molar-refractivity contribution >= 4 is 17.4 Å². The van der Waals surface area contributed by atoms with Crippen LogP contribution in [0.5, 0.6) is 0 Å². The summed E-state index contributed by atoms with van der Waals surface area (Å²) in [7, 11) is 0. The molecule has 0 amide bonds. The summed E-state index contributed by atoms with van der Waals surface area (Å²) < 4.78 is 0. The Labute approximate surface area is 84.7 Å². The average molecular weight is 199 g/mol. The highest BCUT2D eigenvalue weighted by molar-refractivity contribution is 6.17. The van der Waals surface area contributed by atoms with Gasteiger partial charge in [-0.2, -0.15) is 0 Å². The molecule has 2 heteroatoms. The number of carbonyl (C=O) groups excluding carboxylic acids is 1. The molecule has 0 fully saturated rings. The highest BCUT2D eigenvalue weighted by Crippen LogP contribution is 2.06. The third kappa shape index (κ3) is 4.09. The van der Waals surface area contributed by atoms with Crippen molar-refractivity contribution < 1.29 is 4.79 Å². The minimum Gasteiger partial charge on any atom is -0.295 e. The number of ketones is 1. The first-order chi connectivity index (χ1) is 6.24. The second-order valence-electron chi connectivity index (χ2n) is 2.39. The maximum absolute atomic E-state index is 10.8. The molecule has 0 atom stereocenters. The number of hydrogen-bond acceptors (Lipinski definition) is 1. The van der Waals surface area contributed by atoms with Crippen molar-refractivity contribution in [3.05, 3.63) is 35.4 Å². The standard InChI is InChI=1S/C9H9ClO.C2H6/c1-7(11)9-4-2-8(6-10)3-5-9;1-2/h2-5H,6H2,1H3;1-2H3. The zero-order chi connectivity index (χ0) is 10.3. The minimum absolute atomic E-state index is 0.0890. The molecular formula is C11H15ClO. The second-order valence-corrected chi connectivity index (χ2v) is 2.65.